The average Bonchev–Trinajstić information content (AvgIpc) is 2.93. The van der Waals surface area contributed by atoms with Crippen molar-refractivity contribution in [2.45, 2.75) is 38.8 Å². The monoisotopic (exact) mass is 286 g/mol. The molecule has 19 heavy (non-hydrogen) atoms. The van der Waals surface area contributed by atoms with Crippen LogP contribution in [-0.4, -0.2) is 29.5 Å². The van der Waals surface area contributed by atoms with Crippen molar-refractivity contribution in [3.8, 4) is 0 Å². The lowest BCUT2D eigenvalue weighted by molar-refractivity contribution is 0.394. The van der Waals surface area contributed by atoms with Gasteiger partial charge < -0.3 is 4.57 Å². The van der Waals surface area contributed by atoms with Crippen molar-refractivity contribution in [3.63, 3.8) is 0 Å². The zero-order valence-corrected chi connectivity index (χ0v) is 12.1. The summed E-state index contributed by atoms with van der Waals surface area (Å²) < 4.78 is 25.1. The average molecular weight is 286 g/mol. The second-order valence-electron chi connectivity index (χ2n) is 5.20. The van der Waals surface area contributed by atoms with Gasteiger partial charge in [-0.25, -0.2) is 18.8 Å². The fraction of sp³-hybridized carbons (Fsp3) is 0.750. The Bertz CT molecular complexity index is 512. The quantitative estimate of drug-likeness (QED) is 0.591. The van der Waals surface area contributed by atoms with Crippen LogP contribution in [0.2, 0.25) is 0 Å². The molecule has 0 aromatic carbocycles. The molecule has 0 spiro atoms. The summed E-state index contributed by atoms with van der Waals surface area (Å²) in [7, 11) is -2.83. The predicted molar refractivity (Wildman–Crippen MR) is 74.0 cm³/mol. The summed E-state index contributed by atoms with van der Waals surface area (Å²) in [4.78, 5) is 4.36. The normalized spacial score (nSPS) is 23.6. The summed E-state index contributed by atoms with van der Waals surface area (Å²) in [5.41, 5.74) is 2.78. The van der Waals surface area contributed by atoms with Crippen molar-refractivity contribution >= 4 is 9.84 Å². The Kier molecular flexibility index (Phi) is 4.59. The van der Waals surface area contributed by atoms with Gasteiger partial charge in [0.1, 0.15) is 5.82 Å². The van der Waals surface area contributed by atoms with E-state index >= 15 is 0 Å². The third kappa shape index (κ3) is 3.55. The fourth-order valence-corrected chi connectivity index (χ4v) is 4.58. The van der Waals surface area contributed by atoms with E-state index in [0.29, 0.717) is 5.75 Å². The summed E-state index contributed by atoms with van der Waals surface area (Å²) in [5, 5.41) is 0. The molecule has 1 aromatic rings. The van der Waals surface area contributed by atoms with E-state index in [1.165, 1.54) is 0 Å². The van der Waals surface area contributed by atoms with Gasteiger partial charge in [0, 0.05) is 18.9 Å². The molecule has 0 amide bonds. The molecule has 0 saturated carbocycles. The summed E-state index contributed by atoms with van der Waals surface area (Å²) in [6.07, 6.45) is 6.18. The number of hydrogen-bond acceptors (Lipinski definition) is 5. The zero-order valence-electron chi connectivity index (χ0n) is 11.2. The van der Waals surface area contributed by atoms with Crippen molar-refractivity contribution in [2.24, 2.45) is 11.8 Å². The van der Waals surface area contributed by atoms with Crippen LogP contribution in [0.4, 0.5) is 0 Å². The minimum atomic E-state index is -2.83. The van der Waals surface area contributed by atoms with Crippen molar-refractivity contribution in [1.82, 2.24) is 15.0 Å². The van der Waals surface area contributed by atoms with E-state index in [2.05, 4.69) is 21.9 Å². The Morgan fingerprint density at radius 2 is 2.42 bits per heavy atom. The van der Waals surface area contributed by atoms with Gasteiger partial charge in [-0.2, -0.15) is 0 Å². The molecule has 7 heteroatoms. The SMILES string of the molecule is CCCn1ccnc1C(CC1CCS(=O)(=O)C1)NN. The highest BCUT2D eigenvalue weighted by Crippen LogP contribution is 2.28. The second kappa shape index (κ2) is 6.02. The maximum atomic E-state index is 11.5. The van der Waals surface area contributed by atoms with E-state index in [4.69, 9.17) is 5.84 Å². The Morgan fingerprint density at radius 1 is 1.63 bits per heavy atom. The zero-order chi connectivity index (χ0) is 13.9. The van der Waals surface area contributed by atoms with Crippen LogP contribution < -0.4 is 11.3 Å². The molecule has 6 nitrogen and oxygen atoms in total. The van der Waals surface area contributed by atoms with Crippen molar-refractivity contribution in [1.29, 1.82) is 0 Å². The maximum Gasteiger partial charge on any atom is 0.150 e. The standard InChI is InChI=1S/C12H22N4O2S/c1-2-5-16-6-4-14-12(16)11(15-13)8-10-3-7-19(17,18)9-10/h4,6,10-11,15H,2-3,5,7-9,13H2,1H3. The van der Waals surface area contributed by atoms with Crippen LogP contribution in [0, 0.1) is 5.92 Å². The third-order valence-electron chi connectivity index (χ3n) is 3.62. The summed E-state index contributed by atoms with van der Waals surface area (Å²) in [6, 6.07) is -0.0835. The molecule has 2 heterocycles. The molecule has 0 radical (unpaired) electrons. The van der Waals surface area contributed by atoms with Crippen LogP contribution in [0.5, 0.6) is 0 Å². The number of hydrogen-bond donors (Lipinski definition) is 2. The highest BCUT2D eigenvalue weighted by atomic mass is 32.2. The lowest BCUT2D eigenvalue weighted by Gasteiger charge is -2.20. The first-order chi connectivity index (χ1) is 9.05. The number of rotatable bonds is 6. The number of aryl methyl sites for hydroxylation is 1. The third-order valence-corrected chi connectivity index (χ3v) is 5.46. The highest BCUT2D eigenvalue weighted by molar-refractivity contribution is 7.91. The minimum Gasteiger partial charge on any atom is -0.334 e. The topological polar surface area (TPSA) is 90.0 Å². The Balaban J connectivity index is 2.06. The first-order valence-corrected chi connectivity index (χ1v) is 8.55. The van der Waals surface area contributed by atoms with Crippen LogP contribution in [0.25, 0.3) is 0 Å². The van der Waals surface area contributed by atoms with Gasteiger partial charge in [-0.1, -0.05) is 6.92 Å². The minimum absolute atomic E-state index is 0.0835. The Morgan fingerprint density at radius 3 is 3.00 bits per heavy atom. The Labute approximate surface area is 114 Å². The van der Waals surface area contributed by atoms with Crippen LogP contribution in [-0.2, 0) is 16.4 Å². The Hall–Kier alpha value is -0.920. The van der Waals surface area contributed by atoms with E-state index in [1.807, 2.05) is 6.20 Å². The van der Waals surface area contributed by atoms with Gasteiger partial charge in [-0.3, -0.25) is 5.84 Å². The van der Waals surface area contributed by atoms with Crippen LogP contribution in [0.1, 0.15) is 38.1 Å². The van der Waals surface area contributed by atoms with Crippen LogP contribution >= 0.6 is 0 Å². The molecule has 1 aliphatic heterocycles. The molecule has 2 rings (SSSR count). The maximum absolute atomic E-state index is 11.5. The van der Waals surface area contributed by atoms with E-state index in [1.54, 1.807) is 6.20 Å². The number of imidazole rings is 1. The lowest BCUT2D eigenvalue weighted by atomic mass is 9.99. The molecule has 1 fully saturated rings. The summed E-state index contributed by atoms with van der Waals surface area (Å²) in [6.45, 7) is 3.01. The van der Waals surface area contributed by atoms with Gasteiger partial charge in [-0.05, 0) is 25.2 Å². The van der Waals surface area contributed by atoms with Crippen LogP contribution in [0.15, 0.2) is 12.4 Å². The number of nitrogens with two attached hydrogens (primary N) is 1. The van der Waals surface area contributed by atoms with Gasteiger partial charge in [0.05, 0.1) is 17.5 Å². The number of nitrogens with one attached hydrogen (secondary N) is 1. The van der Waals surface area contributed by atoms with Crippen molar-refractivity contribution in [3.05, 3.63) is 18.2 Å². The molecular weight excluding hydrogens is 264 g/mol. The molecule has 1 aliphatic rings. The first-order valence-electron chi connectivity index (χ1n) is 6.73. The smallest absolute Gasteiger partial charge is 0.150 e. The number of aromatic nitrogens is 2. The molecule has 1 aromatic heterocycles. The summed E-state index contributed by atoms with van der Waals surface area (Å²) >= 11 is 0. The fourth-order valence-electron chi connectivity index (χ4n) is 2.70. The molecule has 0 bridgehead atoms. The molecule has 0 aliphatic carbocycles. The highest BCUT2D eigenvalue weighted by Gasteiger charge is 2.31. The second-order valence-corrected chi connectivity index (χ2v) is 7.43. The van der Waals surface area contributed by atoms with E-state index in [-0.39, 0.29) is 17.7 Å². The summed E-state index contributed by atoms with van der Waals surface area (Å²) in [5.74, 6) is 7.28. The first kappa shape index (κ1) is 14.5. The molecule has 3 N–H and O–H groups in total. The van der Waals surface area contributed by atoms with Crippen molar-refractivity contribution < 1.29 is 8.42 Å². The van der Waals surface area contributed by atoms with E-state index < -0.39 is 9.84 Å². The largest absolute Gasteiger partial charge is 0.334 e. The van der Waals surface area contributed by atoms with Gasteiger partial charge in [-0.15, -0.1) is 0 Å². The lowest BCUT2D eigenvalue weighted by Crippen LogP contribution is -2.32. The van der Waals surface area contributed by atoms with Crippen LogP contribution in [0.3, 0.4) is 0 Å². The molecule has 2 unspecified atom stereocenters. The van der Waals surface area contributed by atoms with Gasteiger partial charge in [0.15, 0.2) is 9.84 Å². The molecule has 108 valence electrons. The number of nitrogens with zero attached hydrogens (tertiary/aromatic N) is 2. The molecule has 2 atom stereocenters. The number of hydrazine groups is 1. The molecule has 1 saturated heterocycles. The van der Waals surface area contributed by atoms with Gasteiger partial charge in [0.2, 0.25) is 0 Å². The van der Waals surface area contributed by atoms with Gasteiger partial charge >= 0.3 is 0 Å². The van der Waals surface area contributed by atoms with Crippen molar-refractivity contribution in [2.75, 3.05) is 11.5 Å². The van der Waals surface area contributed by atoms with E-state index in [9.17, 15) is 8.42 Å². The van der Waals surface area contributed by atoms with Gasteiger partial charge in [0.25, 0.3) is 0 Å². The number of sulfone groups is 1. The molecular formula is C12H22N4O2S. The van der Waals surface area contributed by atoms with E-state index in [0.717, 1.165) is 31.6 Å². The predicted octanol–water partition coefficient (Wildman–Crippen LogP) is 0.622.